The molecular formula is C9H22NO2P. The van der Waals surface area contributed by atoms with Crippen LogP contribution in [-0.4, -0.2) is 28.3 Å². The molecule has 4 heteroatoms. The van der Waals surface area contributed by atoms with Crippen LogP contribution in [0.4, 0.5) is 0 Å². The van der Waals surface area contributed by atoms with Crippen molar-refractivity contribution in [3.8, 4) is 0 Å². The van der Waals surface area contributed by atoms with Crippen LogP contribution in [0.5, 0.6) is 0 Å². The van der Waals surface area contributed by atoms with E-state index >= 15 is 0 Å². The van der Waals surface area contributed by atoms with E-state index in [0.29, 0.717) is 18.7 Å². The zero-order chi connectivity index (χ0) is 10.4. The Balaban J connectivity index is 4.04. The number of rotatable bonds is 6. The molecule has 0 amide bonds. The summed E-state index contributed by atoms with van der Waals surface area (Å²) in [7, 11) is -1.40. The summed E-state index contributed by atoms with van der Waals surface area (Å²) in [4.78, 5) is 9.75. The van der Waals surface area contributed by atoms with Crippen LogP contribution in [-0.2, 0) is 4.52 Å². The summed E-state index contributed by atoms with van der Waals surface area (Å²) in [6, 6.07) is 0.654. The first-order valence-corrected chi connectivity index (χ1v) is 6.07. The van der Waals surface area contributed by atoms with E-state index in [-0.39, 0.29) is 0 Å². The Morgan fingerprint density at radius 3 is 2.00 bits per heavy atom. The van der Waals surface area contributed by atoms with Crippen LogP contribution in [0.3, 0.4) is 0 Å². The maximum absolute atomic E-state index is 9.75. The van der Waals surface area contributed by atoms with Gasteiger partial charge in [-0.2, -0.15) is 0 Å². The molecule has 1 unspecified atom stereocenters. The number of hydrogen-bond donors (Lipinski definition) is 1. The molecule has 3 nitrogen and oxygen atoms in total. The van der Waals surface area contributed by atoms with E-state index in [1.807, 2.05) is 11.6 Å². The Morgan fingerprint density at radius 2 is 1.69 bits per heavy atom. The average Bonchev–Trinajstić information content (AvgIpc) is 1.99. The smallest absolute Gasteiger partial charge is 0.256 e. The lowest BCUT2D eigenvalue weighted by molar-refractivity contribution is 0.212. The Labute approximate surface area is 83.1 Å². The molecule has 0 aliphatic heterocycles. The molecule has 1 N–H and O–H groups in total. The van der Waals surface area contributed by atoms with Gasteiger partial charge in [-0.25, -0.2) is 4.67 Å². The van der Waals surface area contributed by atoms with E-state index in [1.54, 1.807) is 0 Å². The fraction of sp³-hybridized carbons (Fsp3) is 1.00. The van der Waals surface area contributed by atoms with Crippen LogP contribution in [0.25, 0.3) is 0 Å². The van der Waals surface area contributed by atoms with E-state index in [2.05, 4.69) is 27.7 Å². The fourth-order valence-electron chi connectivity index (χ4n) is 1.23. The molecule has 1 atom stereocenters. The summed E-state index contributed by atoms with van der Waals surface area (Å²) in [5.41, 5.74) is 0. The van der Waals surface area contributed by atoms with Gasteiger partial charge in [-0.05, 0) is 34.1 Å². The maximum Gasteiger partial charge on any atom is 0.256 e. The normalized spacial score (nSPS) is 14.5. The minimum atomic E-state index is -1.40. The van der Waals surface area contributed by atoms with Gasteiger partial charge < -0.3 is 9.42 Å². The molecule has 0 aromatic rings. The highest BCUT2D eigenvalue weighted by atomic mass is 31.2. The Kier molecular flexibility index (Phi) is 6.88. The van der Waals surface area contributed by atoms with Gasteiger partial charge >= 0.3 is 0 Å². The summed E-state index contributed by atoms with van der Waals surface area (Å²) in [6.07, 6.45) is 0.948. The number of nitrogens with zero attached hydrogens (tertiary/aromatic N) is 1. The molecule has 13 heavy (non-hydrogen) atoms. The van der Waals surface area contributed by atoms with Crippen molar-refractivity contribution in [2.24, 2.45) is 0 Å². The highest BCUT2D eigenvalue weighted by Crippen LogP contribution is 2.40. The Bertz CT molecular complexity index is 123. The first-order chi connectivity index (χ1) is 6.00. The van der Waals surface area contributed by atoms with Crippen LogP contribution in [0.1, 0.15) is 41.0 Å². The standard InChI is InChI=1S/C9H22NO2P/c1-6-7-12-13(11)10(8(2)3)9(4)5/h8-9,11H,6-7H2,1-5H3. The van der Waals surface area contributed by atoms with Crippen LogP contribution >= 0.6 is 8.53 Å². The predicted molar refractivity (Wildman–Crippen MR) is 57.5 cm³/mol. The molecule has 0 heterocycles. The highest BCUT2D eigenvalue weighted by Gasteiger charge is 2.23. The second-order valence-electron chi connectivity index (χ2n) is 3.65. The van der Waals surface area contributed by atoms with Crippen molar-refractivity contribution in [3.05, 3.63) is 0 Å². The molecule has 0 aliphatic rings. The summed E-state index contributed by atoms with van der Waals surface area (Å²) >= 11 is 0. The lowest BCUT2D eigenvalue weighted by Crippen LogP contribution is -2.32. The third kappa shape index (κ3) is 4.92. The van der Waals surface area contributed by atoms with E-state index < -0.39 is 8.53 Å². The second-order valence-corrected chi connectivity index (χ2v) is 4.88. The molecule has 80 valence electrons. The molecular weight excluding hydrogens is 185 g/mol. The molecule has 0 aromatic carbocycles. The highest BCUT2D eigenvalue weighted by molar-refractivity contribution is 7.43. The third-order valence-corrected chi connectivity index (χ3v) is 3.40. The molecule has 0 saturated heterocycles. The maximum atomic E-state index is 9.75. The van der Waals surface area contributed by atoms with E-state index in [4.69, 9.17) is 4.52 Å². The summed E-state index contributed by atoms with van der Waals surface area (Å²) in [5, 5.41) is 0. The Hall–Kier alpha value is 0.310. The van der Waals surface area contributed by atoms with E-state index in [9.17, 15) is 4.89 Å². The molecule has 0 fully saturated rings. The second kappa shape index (κ2) is 6.72. The van der Waals surface area contributed by atoms with Crippen molar-refractivity contribution in [1.29, 1.82) is 0 Å². The molecule has 0 rings (SSSR count). The molecule has 0 aliphatic carbocycles. The molecule has 0 saturated carbocycles. The van der Waals surface area contributed by atoms with Gasteiger partial charge in [0.05, 0.1) is 6.61 Å². The zero-order valence-electron chi connectivity index (χ0n) is 9.32. The van der Waals surface area contributed by atoms with Crippen molar-refractivity contribution in [2.45, 2.75) is 53.1 Å². The minimum absolute atomic E-state index is 0.327. The predicted octanol–water partition coefficient (Wildman–Crippen LogP) is 2.75. The quantitative estimate of drug-likeness (QED) is 0.680. The molecule has 0 bridgehead atoms. The van der Waals surface area contributed by atoms with Crippen molar-refractivity contribution in [1.82, 2.24) is 4.67 Å². The summed E-state index contributed by atoms with van der Waals surface area (Å²) in [5.74, 6) is 0. The van der Waals surface area contributed by atoms with Crippen molar-refractivity contribution >= 4 is 8.53 Å². The monoisotopic (exact) mass is 207 g/mol. The SMILES string of the molecule is CCCOP(O)N(C(C)C)C(C)C. The van der Waals surface area contributed by atoms with Gasteiger partial charge in [0.2, 0.25) is 0 Å². The van der Waals surface area contributed by atoms with Gasteiger partial charge in [0.1, 0.15) is 0 Å². The van der Waals surface area contributed by atoms with Crippen molar-refractivity contribution in [2.75, 3.05) is 6.61 Å². The van der Waals surface area contributed by atoms with Gasteiger partial charge in [0, 0.05) is 12.1 Å². The fourth-order valence-corrected chi connectivity index (χ4v) is 2.50. The lowest BCUT2D eigenvalue weighted by Gasteiger charge is -2.32. The zero-order valence-corrected chi connectivity index (χ0v) is 10.2. The van der Waals surface area contributed by atoms with Crippen molar-refractivity contribution < 1.29 is 9.42 Å². The van der Waals surface area contributed by atoms with E-state index in [1.165, 1.54) is 0 Å². The third-order valence-electron chi connectivity index (χ3n) is 1.67. The van der Waals surface area contributed by atoms with Crippen LogP contribution in [0.2, 0.25) is 0 Å². The lowest BCUT2D eigenvalue weighted by atomic mass is 10.3. The first-order valence-electron chi connectivity index (χ1n) is 4.90. The Morgan fingerprint density at radius 1 is 1.23 bits per heavy atom. The van der Waals surface area contributed by atoms with Gasteiger partial charge in [0.25, 0.3) is 8.53 Å². The van der Waals surface area contributed by atoms with Gasteiger partial charge in [-0.3, -0.25) is 0 Å². The van der Waals surface area contributed by atoms with E-state index in [0.717, 1.165) is 6.42 Å². The summed E-state index contributed by atoms with van der Waals surface area (Å²) in [6.45, 7) is 11.0. The average molecular weight is 207 g/mol. The molecule has 0 radical (unpaired) electrons. The molecule has 0 aromatic heterocycles. The van der Waals surface area contributed by atoms with Crippen LogP contribution in [0, 0.1) is 0 Å². The largest absolute Gasteiger partial charge is 0.338 e. The van der Waals surface area contributed by atoms with Gasteiger partial charge in [-0.1, -0.05) is 6.92 Å². The molecule has 0 spiro atoms. The minimum Gasteiger partial charge on any atom is -0.338 e. The van der Waals surface area contributed by atoms with Crippen LogP contribution < -0.4 is 0 Å². The first kappa shape index (κ1) is 13.3. The summed E-state index contributed by atoms with van der Waals surface area (Å²) < 4.78 is 7.33. The van der Waals surface area contributed by atoms with Crippen molar-refractivity contribution in [3.63, 3.8) is 0 Å². The van der Waals surface area contributed by atoms with Crippen LogP contribution in [0.15, 0.2) is 0 Å². The van der Waals surface area contributed by atoms with Gasteiger partial charge in [0.15, 0.2) is 0 Å². The topological polar surface area (TPSA) is 32.7 Å². The van der Waals surface area contributed by atoms with Gasteiger partial charge in [-0.15, -0.1) is 0 Å². The number of hydrogen-bond acceptors (Lipinski definition) is 3.